The van der Waals surface area contributed by atoms with Crippen LogP contribution in [0.2, 0.25) is 0 Å². The van der Waals surface area contributed by atoms with Crippen molar-refractivity contribution in [1.29, 1.82) is 0 Å². The summed E-state index contributed by atoms with van der Waals surface area (Å²) in [6.07, 6.45) is 3.81. The molecular weight excluding hydrogens is 368 g/mol. The van der Waals surface area contributed by atoms with Crippen molar-refractivity contribution in [2.24, 2.45) is 0 Å². The average molecular weight is 388 g/mol. The first-order chi connectivity index (χ1) is 14.3. The molecule has 0 N–H and O–H groups in total. The van der Waals surface area contributed by atoms with E-state index < -0.39 is 0 Å². The number of hydrogen-bond acceptors (Lipinski definition) is 6. The van der Waals surface area contributed by atoms with Gasteiger partial charge in [-0.05, 0) is 24.6 Å². The highest BCUT2D eigenvalue weighted by atomic mass is 16.7. The second-order valence-electron chi connectivity index (χ2n) is 6.87. The lowest BCUT2D eigenvalue weighted by atomic mass is 10.1. The normalized spacial score (nSPS) is 12.4. The lowest BCUT2D eigenvalue weighted by Crippen LogP contribution is -2.05. The van der Waals surface area contributed by atoms with Crippen LogP contribution < -0.4 is 9.47 Å². The van der Waals surface area contributed by atoms with Crippen molar-refractivity contribution in [2.75, 3.05) is 6.79 Å². The van der Waals surface area contributed by atoms with Gasteiger partial charge in [-0.1, -0.05) is 48.8 Å². The van der Waals surface area contributed by atoms with E-state index in [0.29, 0.717) is 24.0 Å². The topological polar surface area (TPSA) is 75.2 Å². The van der Waals surface area contributed by atoms with Gasteiger partial charge in [-0.25, -0.2) is 4.98 Å². The van der Waals surface area contributed by atoms with E-state index in [-0.39, 0.29) is 6.79 Å². The van der Waals surface area contributed by atoms with Crippen LogP contribution in [0.25, 0.3) is 22.7 Å². The largest absolute Gasteiger partial charge is 0.454 e. The minimum atomic E-state index is 0.235. The molecule has 0 spiro atoms. The standard InChI is InChI=1S/C22H20N4O3/c1-2-6-17-21(15-7-4-3-5-8-15)23-13-26(17)12-20-24-22(29-25-20)16-9-10-18-19(11-16)28-14-27-18/h3-5,7-11,13H,2,6,12,14H2,1H3. The van der Waals surface area contributed by atoms with Crippen LogP contribution in [0.15, 0.2) is 59.4 Å². The molecule has 0 radical (unpaired) electrons. The van der Waals surface area contributed by atoms with Gasteiger partial charge >= 0.3 is 0 Å². The van der Waals surface area contributed by atoms with Gasteiger partial charge in [0.25, 0.3) is 5.89 Å². The van der Waals surface area contributed by atoms with Gasteiger partial charge in [0.15, 0.2) is 17.3 Å². The van der Waals surface area contributed by atoms with Crippen LogP contribution in [0.3, 0.4) is 0 Å². The van der Waals surface area contributed by atoms with Crippen LogP contribution in [-0.2, 0) is 13.0 Å². The average Bonchev–Trinajstić information content (AvgIpc) is 3.49. The van der Waals surface area contributed by atoms with Crippen LogP contribution in [0.1, 0.15) is 24.9 Å². The Bertz CT molecular complexity index is 1130. The highest BCUT2D eigenvalue weighted by Gasteiger charge is 2.18. The Morgan fingerprint density at radius 1 is 1.00 bits per heavy atom. The van der Waals surface area contributed by atoms with Crippen molar-refractivity contribution in [3.63, 3.8) is 0 Å². The first kappa shape index (κ1) is 17.5. The molecule has 0 bridgehead atoms. The lowest BCUT2D eigenvalue weighted by Gasteiger charge is -2.07. The van der Waals surface area contributed by atoms with Crippen molar-refractivity contribution < 1.29 is 14.0 Å². The summed E-state index contributed by atoms with van der Waals surface area (Å²) >= 11 is 0. The number of hydrogen-bond donors (Lipinski definition) is 0. The number of aromatic nitrogens is 4. The Kier molecular flexibility index (Phi) is 4.48. The third kappa shape index (κ3) is 3.35. The molecule has 7 nitrogen and oxygen atoms in total. The third-order valence-corrected chi connectivity index (χ3v) is 4.88. The second-order valence-corrected chi connectivity index (χ2v) is 6.87. The molecule has 2 aromatic carbocycles. The van der Waals surface area contributed by atoms with Gasteiger partial charge in [0.05, 0.1) is 18.6 Å². The Labute approximate surface area is 167 Å². The molecule has 0 saturated heterocycles. The number of rotatable bonds is 6. The maximum Gasteiger partial charge on any atom is 0.258 e. The lowest BCUT2D eigenvalue weighted by molar-refractivity contribution is 0.174. The molecule has 146 valence electrons. The predicted molar refractivity (Wildman–Crippen MR) is 107 cm³/mol. The van der Waals surface area contributed by atoms with E-state index in [2.05, 4.69) is 38.7 Å². The summed E-state index contributed by atoms with van der Waals surface area (Å²) in [5, 5.41) is 4.16. The van der Waals surface area contributed by atoms with Gasteiger partial charge in [-0.3, -0.25) is 0 Å². The molecule has 0 saturated carbocycles. The molecule has 0 atom stereocenters. The SMILES string of the molecule is CCCc1c(-c2ccccc2)ncn1Cc1noc(-c2ccc3c(c2)OCO3)n1. The number of imidazole rings is 1. The van der Waals surface area contributed by atoms with Crippen LogP contribution in [0.4, 0.5) is 0 Å². The first-order valence-corrected chi connectivity index (χ1v) is 9.64. The smallest absolute Gasteiger partial charge is 0.258 e. The van der Waals surface area contributed by atoms with E-state index in [0.717, 1.165) is 35.4 Å². The quantitative estimate of drug-likeness (QED) is 0.489. The molecule has 29 heavy (non-hydrogen) atoms. The molecule has 0 amide bonds. The Hall–Kier alpha value is -3.61. The van der Waals surface area contributed by atoms with E-state index in [1.807, 2.05) is 42.7 Å². The summed E-state index contributed by atoms with van der Waals surface area (Å²) in [4.78, 5) is 9.21. The van der Waals surface area contributed by atoms with Crippen molar-refractivity contribution in [3.05, 3.63) is 66.4 Å². The minimum absolute atomic E-state index is 0.235. The molecule has 0 aliphatic carbocycles. The van der Waals surface area contributed by atoms with Crippen molar-refractivity contribution in [3.8, 4) is 34.2 Å². The van der Waals surface area contributed by atoms with E-state index in [4.69, 9.17) is 14.0 Å². The highest BCUT2D eigenvalue weighted by Crippen LogP contribution is 2.35. The molecule has 1 aliphatic heterocycles. The summed E-state index contributed by atoms with van der Waals surface area (Å²) in [6.45, 7) is 2.90. The summed E-state index contributed by atoms with van der Waals surface area (Å²) in [6, 6.07) is 15.8. The molecular formula is C22H20N4O3. The monoisotopic (exact) mass is 388 g/mol. The molecule has 7 heteroatoms. The Balaban J connectivity index is 1.42. The molecule has 0 fully saturated rings. The summed E-state index contributed by atoms with van der Waals surface area (Å²) in [7, 11) is 0. The second kappa shape index (κ2) is 7.43. The molecule has 2 aromatic heterocycles. The predicted octanol–water partition coefficient (Wildman–Crippen LogP) is 4.33. The van der Waals surface area contributed by atoms with Crippen molar-refractivity contribution in [1.82, 2.24) is 19.7 Å². The molecule has 1 aliphatic rings. The van der Waals surface area contributed by atoms with Gasteiger partial charge in [-0.15, -0.1) is 0 Å². The first-order valence-electron chi connectivity index (χ1n) is 9.64. The highest BCUT2D eigenvalue weighted by molar-refractivity contribution is 5.62. The number of benzene rings is 2. The van der Waals surface area contributed by atoms with Crippen molar-refractivity contribution in [2.45, 2.75) is 26.3 Å². The number of nitrogens with zero attached hydrogens (tertiary/aromatic N) is 4. The molecule has 4 aromatic rings. The van der Waals surface area contributed by atoms with Gasteiger partial charge in [-0.2, -0.15) is 4.98 Å². The Morgan fingerprint density at radius 3 is 2.72 bits per heavy atom. The van der Waals surface area contributed by atoms with Crippen LogP contribution in [0, 0.1) is 0 Å². The molecule has 3 heterocycles. The zero-order valence-corrected chi connectivity index (χ0v) is 16.0. The fourth-order valence-electron chi connectivity index (χ4n) is 3.50. The molecule has 5 rings (SSSR count). The van der Waals surface area contributed by atoms with E-state index in [1.165, 1.54) is 5.69 Å². The van der Waals surface area contributed by atoms with Gasteiger partial charge < -0.3 is 18.6 Å². The van der Waals surface area contributed by atoms with Gasteiger partial charge in [0.1, 0.15) is 0 Å². The van der Waals surface area contributed by atoms with Crippen LogP contribution in [0.5, 0.6) is 11.5 Å². The minimum Gasteiger partial charge on any atom is -0.454 e. The van der Waals surface area contributed by atoms with Gasteiger partial charge in [0, 0.05) is 16.8 Å². The van der Waals surface area contributed by atoms with Crippen molar-refractivity contribution >= 4 is 0 Å². The summed E-state index contributed by atoms with van der Waals surface area (Å²) in [5.41, 5.74) is 4.10. The summed E-state index contributed by atoms with van der Waals surface area (Å²) in [5.74, 6) is 2.48. The molecule has 0 unspecified atom stereocenters. The van der Waals surface area contributed by atoms with Crippen LogP contribution >= 0.6 is 0 Å². The summed E-state index contributed by atoms with van der Waals surface area (Å²) < 4.78 is 18.4. The number of fused-ring (bicyclic) bond motifs is 1. The van der Waals surface area contributed by atoms with Crippen LogP contribution in [-0.4, -0.2) is 26.5 Å². The van der Waals surface area contributed by atoms with E-state index >= 15 is 0 Å². The van der Waals surface area contributed by atoms with E-state index in [9.17, 15) is 0 Å². The fraction of sp³-hybridized carbons (Fsp3) is 0.227. The van der Waals surface area contributed by atoms with E-state index in [1.54, 1.807) is 0 Å². The third-order valence-electron chi connectivity index (χ3n) is 4.88. The Morgan fingerprint density at radius 2 is 1.86 bits per heavy atom. The zero-order chi connectivity index (χ0) is 19.6. The maximum absolute atomic E-state index is 5.48. The fourth-order valence-corrected chi connectivity index (χ4v) is 3.50. The van der Waals surface area contributed by atoms with Gasteiger partial charge in [0.2, 0.25) is 6.79 Å². The maximum atomic E-state index is 5.48. The number of ether oxygens (including phenoxy) is 2. The zero-order valence-electron chi connectivity index (χ0n) is 16.0.